The van der Waals surface area contributed by atoms with Crippen molar-refractivity contribution < 1.29 is 9.59 Å². The molecule has 0 saturated carbocycles. The minimum absolute atomic E-state index is 0.0200. The van der Waals surface area contributed by atoms with Gasteiger partial charge in [0.1, 0.15) is 6.54 Å². The molecule has 138 valence electrons. The molecule has 1 aromatic heterocycles. The quantitative estimate of drug-likeness (QED) is 0.898. The van der Waals surface area contributed by atoms with Crippen molar-refractivity contribution in [3.63, 3.8) is 0 Å². The van der Waals surface area contributed by atoms with Gasteiger partial charge in [0.15, 0.2) is 0 Å². The van der Waals surface area contributed by atoms with Gasteiger partial charge in [-0.25, -0.2) is 4.79 Å². The Morgan fingerprint density at radius 1 is 1.12 bits per heavy atom. The molecular weight excluding hydrogens is 318 g/mol. The van der Waals surface area contributed by atoms with E-state index >= 15 is 0 Å². The van der Waals surface area contributed by atoms with E-state index in [2.05, 4.69) is 10.4 Å². The second-order valence-corrected chi connectivity index (χ2v) is 7.35. The Kier molecular flexibility index (Phi) is 5.30. The second kappa shape index (κ2) is 7.45. The third-order valence-electron chi connectivity index (χ3n) is 5.67. The lowest BCUT2D eigenvalue weighted by atomic mass is 9.84. The number of aromatic nitrogens is 2. The number of urea groups is 1. The molecule has 1 unspecified atom stereocenters. The highest BCUT2D eigenvalue weighted by molar-refractivity contribution is 5.76. The fourth-order valence-corrected chi connectivity index (χ4v) is 4.19. The summed E-state index contributed by atoms with van der Waals surface area (Å²) in [4.78, 5) is 28.2. The molecule has 0 bridgehead atoms. The van der Waals surface area contributed by atoms with Gasteiger partial charge in [0.25, 0.3) is 0 Å². The number of piperidine rings is 1. The van der Waals surface area contributed by atoms with E-state index in [9.17, 15) is 9.59 Å². The Balaban J connectivity index is 1.49. The van der Waals surface area contributed by atoms with Crippen molar-refractivity contribution in [3.8, 4) is 0 Å². The number of rotatable bonds is 3. The highest BCUT2D eigenvalue weighted by atomic mass is 16.2. The number of aryl methyl sites for hydroxylation is 2. The van der Waals surface area contributed by atoms with Crippen LogP contribution in [0.1, 0.15) is 30.7 Å². The van der Waals surface area contributed by atoms with Crippen molar-refractivity contribution in [3.05, 3.63) is 17.5 Å². The van der Waals surface area contributed by atoms with Crippen LogP contribution in [0.3, 0.4) is 0 Å². The van der Waals surface area contributed by atoms with E-state index in [1.807, 2.05) is 29.7 Å². The summed E-state index contributed by atoms with van der Waals surface area (Å²) in [6.07, 6.45) is 3.16. The average Bonchev–Trinajstić information content (AvgIpc) is 3.21. The van der Waals surface area contributed by atoms with Crippen molar-refractivity contribution in [2.24, 2.45) is 11.8 Å². The smallest absolute Gasteiger partial charge is 0.317 e. The Labute approximate surface area is 149 Å². The van der Waals surface area contributed by atoms with Gasteiger partial charge in [0.05, 0.1) is 5.69 Å². The zero-order chi connectivity index (χ0) is 18.0. The van der Waals surface area contributed by atoms with E-state index in [0.717, 1.165) is 56.8 Å². The average molecular weight is 347 g/mol. The SMILES string of the molecule is CNC(=O)N1CCC(C2CCN(C(=O)Cn3nc(C)cc3C)C2)CC1. The first-order valence-electron chi connectivity index (χ1n) is 9.23. The zero-order valence-corrected chi connectivity index (χ0v) is 15.5. The maximum atomic E-state index is 12.6. The molecule has 0 aromatic carbocycles. The molecule has 2 aliphatic heterocycles. The molecule has 1 aromatic rings. The highest BCUT2D eigenvalue weighted by Crippen LogP contribution is 2.32. The van der Waals surface area contributed by atoms with E-state index in [0.29, 0.717) is 18.4 Å². The highest BCUT2D eigenvalue weighted by Gasteiger charge is 2.34. The number of nitrogens with one attached hydrogen (secondary N) is 1. The molecule has 2 aliphatic rings. The van der Waals surface area contributed by atoms with Gasteiger partial charge in [-0.2, -0.15) is 5.10 Å². The monoisotopic (exact) mass is 347 g/mol. The fourth-order valence-electron chi connectivity index (χ4n) is 4.19. The second-order valence-electron chi connectivity index (χ2n) is 7.35. The first-order valence-corrected chi connectivity index (χ1v) is 9.23. The summed E-state index contributed by atoms with van der Waals surface area (Å²) in [5.74, 6) is 1.35. The molecule has 3 heterocycles. The van der Waals surface area contributed by atoms with Crippen molar-refractivity contribution in [2.75, 3.05) is 33.2 Å². The zero-order valence-electron chi connectivity index (χ0n) is 15.5. The van der Waals surface area contributed by atoms with Crippen LogP contribution < -0.4 is 5.32 Å². The fraction of sp³-hybridized carbons (Fsp3) is 0.722. The van der Waals surface area contributed by atoms with Gasteiger partial charge in [-0.05, 0) is 51.0 Å². The summed E-state index contributed by atoms with van der Waals surface area (Å²) in [6, 6.07) is 2.02. The van der Waals surface area contributed by atoms with Gasteiger partial charge in [-0.3, -0.25) is 9.48 Å². The summed E-state index contributed by atoms with van der Waals surface area (Å²) in [5, 5.41) is 7.09. The molecular formula is C18H29N5O2. The Morgan fingerprint density at radius 2 is 1.76 bits per heavy atom. The first-order chi connectivity index (χ1) is 12.0. The summed E-state index contributed by atoms with van der Waals surface area (Å²) in [7, 11) is 1.68. The molecule has 7 nitrogen and oxygen atoms in total. The minimum atomic E-state index is 0.0200. The summed E-state index contributed by atoms with van der Waals surface area (Å²) in [6.45, 7) is 7.61. The molecule has 1 N–H and O–H groups in total. The van der Waals surface area contributed by atoms with Crippen LogP contribution in [0.25, 0.3) is 0 Å². The summed E-state index contributed by atoms with van der Waals surface area (Å²) < 4.78 is 1.80. The summed E-state index contributed by atoms with van der Waals surface area (Å²) >= 11 is 0. The van der Waals surface area contributed by atoms with Gasteiger partial charge in [-0.1, -0.05) is 0 Å². The van der Waals surface area contributed by atoms with Crippen molar-refractivity contribution in [2.45, 2.75) is 39.7 Å². The lowest BCUT2D eigenvalue weighted by Crippen LogP contribution is -2.44. The number of carbonyl (C=O) groups excluding carboxylic acids is 2. The number of carbonyl (C=O) groups is 2. The lowest BCUT2D eigenvalue weighted by Gasteiger charge is -2.34. The van der Waals surface area contributed by atoms with E-state index in [4.69, 9.17) is 0 Å². The van der Waals surface area contributed by atoms with Gasteiger partial charge < -0.3 is 15.1 Å². The molecule has 2 saturated heterocycles. The van der Waals surface area contributed by atoms with E-state index < -0.39 is 0 Å². The molecule has 0 spiro atoms. The third kappa shape index (κ3) is 3.96. The number of hydrogen-bond donors (Lipinski definition) is 1. The van der Waals surface area contributed by atoms with Gasteiger partial charge in [0, 0.05) is 38.9 Å². The molecule has 0 radical (unpaired) electrons. The number of likely N-dealkylation sites (tertiary alicyclic amines) is 2. The predicted molar refractivity (Wildman–Crippen MR) is 95.1 cm³/mol. The van der Waals surface area contributed by atoms with Crippen molar-refractivity contribution in [1.82, 2.24) is 24.9 Å². The number of amides is 3. The van der Waals surface area contributed by atoms with Crippen molar-refractivity contribution in [1.29, 1.82) is 0 Å². The standard InChI is InChI=1S/C18H29N5O2/c1-13-10-14(2)23(20-13)12-17(24)22-9-6-16(11-22)15-4-7-21(8-5-15)18(25)19-3/h10,15-16H,4-9,11-12H2,1-3H3,(H,19,25). The van der Waals surface area contributed by atoms with Crippen LogP contribution in [0.2, 0.25) is 0 Å². The van der Waals surface area contributed by atoms with Crippen LogP contribution >= 0.6 is 0 Å². The molecule has 1 atom stereocenters. The van der Waals surface area contributed by atoms with E-state index in [1.165, 1.54) is 0 Å². The van der Waals surface area contributed by atoms with Crippen LogP contribution in [0.15, 0.2) is 6.07 Å². The van der Waals surface area contributed by atoms with Crippen LogP contribution in [-0.2, 0) is 11.3 Å². The Bertz CT molecular complexity index is 633. The van der Waals surface area contributed by atoms with Gasteiger partial charge in [0.2, 0.25) is 5.91 Å². The topological polar surface area (TPSA) is 70.5 Å². The minimum Gasteiger partial charge on any atom is -0.341 e. The molecule has 3 amide bonds. The van der Waals surface area contributed by atoms with Gasteiger partial charge in [-0.15, -0.1) is 0 Å². The number of hydrogen-bond acceptors (Lipinski definition) is 3. The van der Waals surface area contributed by atoms with Crippen molar-refractivity contribution >= 4 is 11.9 Å². The molecule has 25 heavy (non-hydrogen) atoms. The predicted octanol–water partition coefficient (Wildman–Crippen LogP) is 1.40. The largest absolute Gasteiger partial charge is 0.341 e. The number of nitrogens with zero attached hydrogens (tertiary/aromatic N) is 4. The van der Waals surface area contributed by atoms with E-state index in [1.54, 1.807) is 11.7 Å². The Hall–Kier alpha value is -2.05. The van der Waals surface area contributed by atoms with Crippen LogP contribution in [0.5, 0.6) is 0 Å². The molecule has 3 rings (SSSR count). The molecule has 2 fully saturated rings. The normalized spacial score (nSPS) is 21.6. The van der Waals surface area contributed by atoms with Crippen LogP contribution in [0, 0.1) is 25.7 Å². The first kappa shape index (κ1) is 17.8. The molecule has 7 heteroatoms. The molecule has 0 aliphatic carbocycles. The lowest BCUT2D eigenvalue weighted by molar-refractivity contribution is -0.131. The van der Waals surface area contributed by atoms with Crippen LogP contribution in [0.4, 0.5) is 4.79 Å². The maximum absolute atomic E-state index is 12.6. The third-order valence-corrected chi connectivity index (χ3v) is 5.67. The maximum Gasteiger partial charge on any atom is 0.317 e. The Morgan fingerprint density at radius 3 is 2.36 bits per heavy atom. The van der Waals surface area contributed by atoms with Crippen LogP contribution in [-0.4, -0.2) is 64.7 Å². The van der Waals surface area contributed by atoms with E-state index in [-0.39, 0.29) is 11.9 Å². The summed E-state index contributed by atoms with van der Waals surface area (Å²) in [5.41, 5.74) is 1.98. The van der Waals surface area contributed by atoms with Gasteiger partial charge >= 0.3 is 6.03 Å².